The second-order valence-corrected chi connectivity index (χ2v) is 4.58. The maximum absolute atomic E-state index is 13.0. The average molecular weight is 308 g/mol. The van der Waals surface area contributed by atoms with Gasteiger partial charge in [-0.1, -0.05) is 17.7 Å². The molecule has 0 bridgehead atoms. The summed E-state index contributed by atoms with van der Waals surface area (Å²) < 4.78 is 18.2. The summed E-state index contributed by atoms with van der Waals surface area (Å²) in [4.78, 5) is 22.6. The van der Waals surface area contributed by atoms with Crippen molar-refractivity contribution in [2.45, 2.75) is 0 Å². The second kappa shape index (κ2) is 6.85. The third kappa shape index (κ3) is 4.29. The number of benzene rings is 2. The molecule has 4 nitrogen and oxygen atoms in total. The number of carbonyl (C=O) groups excluding carboxylic acids is 2. The van der Waals surface area contributed by atoms with E-state index in [1.807, 2.05) is 0 Å². The van der Waals surface area contributed by atoms with E-state index in [4.69, 9.17) is 16.3 Å². The Bertz CT molecular complexity index is 676. The van der Waals surface area contributed by atoms with Crippen LogP contribution in [0.3, 0.4) is 0 Å². The summed E-state index contributed by atoms with van der Waals surface area (Å²) in [7, 11) is 0. The van der Waals surface area contributed by atoms with Crippen LogP contribution in [0.5, 0.6) is 5.75 Å². The van der Waals surface area contributed by atoms with Crippen LogP contribution in [0.4, 0.5) is 10.1 Å². The van der Waals surface area contributed by atoms with Crippen LogP contribution in [0.1, 0.15) is 10.4 Å². The zero-order chi connectivity index (χ0) is 15.2. The highest BCUT2D eigenvalue weighted by atomic mass is 35.5. The van der Waals surface area contributed by atoms with Crippen LogP contribution < -0.4 is 10.1 Å². The third-order valence-corrected chi connectivity index (χ3v) is 2.80. The molecule has 0 aliphatic heterocycles. The summed E-state index contributed by atoms with van der Waals surface area (Å²) in [6, 6.07) is 9.99. The lowest BCUT2D eigenvalue weighted by molar-refractivity contribution is -0.118. The molecule has 0 atom stereocenters. The molecule has 6 heteroatoms. The SMILES string of the molecule is O=Cc1cc(Cl)ccc1OCC(=O)Nc1cccc(F)c1. The molecule has 0 radical (unpaired) electrons. The van der Waals surface area contributed by atoms with E-state index in [9.17, 15) is 14.0 Å². The van der Waals surface area contributed by atoms with E-state index in [-0.39, 0.29) is 17.9 Å². The van der Waals surface area contributed by atoms with Crippen LogP contribution in [0.15, 0.2) is 42.5 Å². The molecule has 2 aromatic carbocycles. The molecule has 0 heterocycles. The smallest absolute Gasteiger partial charge is 0.262 e. The number of ether oxygens (including phenoxy) is 1. The molecule has 1 amide bonds. The van der Waals surface area contributed by atoms with Gasteiger partial charge in [0.2, 0.25) is 0 Å². The third-order valence-electron chi connectivity index (χ3n) is 2.57. The lowest BCUT2D eigenvalue weighted by Crippen LogP contribution is -2.20. The quantitative estimate of drug-likeness (QED) is 0.862. The van der Waals surface area contributed by atoms with Crippen molar-refractivity contribution in [3.63, 3.8) is 0 Å². The molecule has 0 aliphatic carbocycles. The number of nitrogens with one attached hydrogen (secondary N) is 1. The lowest BCUT2D eigenvalue weighted by atomic mass is 10.2. The van der Waals surface area contributed by atoms with E-state index < -0.39 is 11.7 Å². The first-order valence-electron chi connectivity index (χ1n) is 6.01. The number of aldehydes is 1. The Hall–Kier alpha value is -2.40. The maximum Gasteiger partial charge on any atom is 0.262 e. The number of carbonyl (C=O) groups is 2. The fourth-order valence-electron chi connectivity index (χ4n) is 1.65. The van der Waals surface area contributed by atoms with Crippen molar-refractivity contribution in [1.82, 2.24) is 0 Å². The van der Waals surface area contributed by atoms with Crippen LogP contribution >= 0.6 is 11.6 Å². The molecule has 1 N–H and O–H groups in total. The molecular weight excluding hydrogens is 297 g/mol. The summed E-state index contributed by atoms with van der Waals surface area (Å²) in [6.45, 7) is -0.307. The predicted octanol–water partition coefficient (Wildman–Crippen LogP) is 3.31. The molecule has 0 spiro atoms. The highest BCUT2D eigenvalue weighted by molar-refractivity contribution is 6.30. The summed E-state index contributed by atoms with van der Waals surface area (Å²) in [5.74, 6) is -0.661. The van der Waals surface area contributed by atoms with Crippen molar-refractivity contribution in [2.24, 2.45) is 0 Å². The average Bonchev–Trinajstić information content (AvgIpc) is 2.45. The normalized spacial score (nSPS) is 10.0. The Balaban J connectivity index is 1.97. The minimum absolute atomic E-state index is 0.251. The van der Waals surface area contributed by atoms with Crippen LogP contribution in [-0.4, -0.2) is 18.8 Å². The zero-order valence-electron chi connectivity index (χ0n) is 10.8. The van der Waals surface area contributed by atoms with Crippen molar-refractivity contribution < 1.29 is 18.7 Å². The molecule has 21 heavy (non-hydrogen) atoms. The number of hydrogen-bond acceptors (Lipinski definition) is 3. The first kappa shape index (κ1) is 15.0. The van der Waals surface area contributed by atoms with E-state index in [1.54, 1.807) is 12.1 Å². The van der Waals surface area contributed by atoms with Crippen LogP contribution in [-0.2, 0) is 4.79 Å². The Labute approximate surface area is 125 Å². The van der Waals surface area contributed by atoms with Gasteiger partial charge >= 0.3 is 0 Å². The summed E-state index contributed by atoms with van der Waals surface area (Å²) in [5.41, 5.74) is 0.580. The molecule has 0 aromatic heterocycles. The van der Waals surface area contributed by atoms with Gasteiger partial charge in [0.15, 0.2) is 12.9 Å². The van der Waals surface area contributed by atoms with E-state index in [0.29, 0.717) is 17.0 Å². The lowest BCUT2D eigenvalue weighted by Gasteiger charge is -2.09. The monoisotopic (exact) mass is 307 g/mol. The molecule has 0 saturated heterocycles. The van der Waals surface area contributed by atoms with Gasteiger partial charge in [-0.15, -0.1) is 0 Å². The van der Waals surface area contributed by atoms with Gasteiger partial charge in [0.1, 0.15) is 11.6 Å². The van der Waals surface area contributed by atoms with Gasteiger partial charge in [0, 0.05) is 10.7 Å². The van der Waals surface area contributed by atoms with Crippen molar-refractivity contribution in [3.05, 3.63) is 58.9 Å². The molecule has 0 saturated carbocycles. The van der Waals surface area contributed by atoms with Crippen molar-refractivity contribution in [3.8, 4) is 5.75 Å². The fourth-order valence-corrected chi connectivity index (χ4v) is 1.83. The van der Waals surface area contributed by atoms with Gasteiger partial charge in [-0.3, -0.25) is 9.59 Å². The molecule has 0 aliphatic rings. The molecule has 2 rings (SSSR count). The van der Waals surface area contributed by atoms with Gasteiger partial charge in [-0.05, 0) is 36.4 Å². The second-order valence-electron chi connectivity index (χ2n) is 4.15. The summed E-state index contributed by atoms with van der Waals surface area (Å²) >= 11 is 5.75. The number of hydrogen-bond donors (Lipinski definition) is 1. The van der Waals surface area contributed by atoms with Gasteiger partial charge in [-0.25, -0.2) is 4.39 Å². The topological polar surface area (TPSA) is 55.4 Å². The number of halogens is 2. The highest BCUT2D eigenvalue weighted by Gasteiger charge is 2.08. The largest absolute Gasteiger partial charge is 0.483 e. The summed E-state index contributed by atoms with van der Waals surface area (Å²) in [5, 5.41) is 2.88. The molecule has 0 fully saturated rings. The number of rotatable bonds is 5. The first-order chi connectivity index (χ1) is 10.1. The number of amides is 1. The fraction of sp³-hybridized carbons (Fsp3) is 0.0667. The van der Waals surface area contributed by atoms with E-state index in [0.717, 1.165) is 0 Å². The molecule has 0 unspecified atom stereocenters. The Morgan fingerprint density at radius 3 is 2.81 bits per heavy atom. The van der Waals surface area contributed by atoms with Crippen LogP contribution in [0.25, 0.3) is 0 Å². The van der Waals surface area contributed by atoms with Crippen LogP contribution in [0, 0.1) is 5.82 Å². The predicted molar refractivity (Wildman–Crippen MR) is 77.4 cm³/mol. The van der Waals surface area contributed by atoms with Gasteiger partial charge in [0.25, 0.3) is 5.91 Å². The Kier molecular flexibility index (Phi) is 4.90. The first-order valence-corrected chi connectivity index (χ1v) is 6.39. The van der Waals surface area contributed by atoms with Gasteiger partial charge in [0.05, 0.1) is 5.56 Å². The van der Waals surface area contributed by atoms with Crippen molar-refractivity contribution >= 4 is 29.5 Å². The van der Waals surface area contributed by atoms with Crippen LogP contribution in [0.2, 0.25) is 5.02 Å². The van der Waals surface area contributed by atoms with E-state index in [2.05, 4.69) is 5.32 Å². The maximum atomic E-state index is 13.0. The van der Waals surface area contributed by atoms with E-state index in [1.165, 1.54) is 30.3 Å². The molecule has 2 aromatic rings. The molecule has 108 valence electrons. The highest BCUT2D eigenvalue weighted by Crippen LogP contribution is 2.21. The van der Waals surface area contributed by atoms with E-state index >= 15 is 0 Å². The zero-order valence-corrected chi connectivity index (χ0v) is 11.6. The number of anilines is 1. The standard InChI is InChI=1S/C15H11ClFNO3/c16-11-4-5-14(10(6-11)8-19)21-9-15(20)18-13-3-1-2-12(17)7-13/h1-8H,9H2,(H,18,20). The van der Waals surface area contributed by atoms with Crippen molar-refractivity contribution in [2.75, 3.05) is 11.9 Å². The van der Waals surface area contributed by atoms with Gasteiger partial charge < -0.3 is 10.1 Å². The summed E-state index contributed by atoms with van der Waals surface area (Å²) in [6.07, 6.45) is 0.589. The Morgan fingerprint density at radius 2 is 2.10 bits per heavy atom. The molecular formula is C15H11ClFNO3. The Morgan fingerprint density at radius 1 is 1.29 bits per heavy atom. The van der Waals surface area contributed by atoms with Crippen molar-refractivity contribution in [1.29, 1.82) is 0 Å². The minimum atomic E-state index is -0.465. The van der Waals surface area contributed by atoms with Gasteiger partial charge in [-0.2, -0.15) is 0 Å². The minimum Gasteiger partial charge on any atom is -0.483 e.